The number of aromatic nitrogens is 2. The molecule has 8 rings (SSSR count). The number of oxazole rings is 1. The number of nitrogens with one attached hydrogen (secondary N) is 3. The molecule has 3 saturated carbocycles. The van der Waals surface area contributed by atoms with Gasteiger partial charge in [0, 0.05) is 49.5 Å². The summed E-state index contributed by atoms with van der Waals surface area (Å²) >= 11 is 7.10. The first-order valence-electron chi connectivity index (χ1n) is 22.3. The van der Waals surface area contributed by atoms with Crippen LogP contribution in [-0.4, -0.2) is 133 Å². The maximum atomic E-state index is 14.9. The summed E-state index contributed by atoms with van der Waals surface area (Å²) in [6.07, 6.45) is 4.62. The van der Waals surface area contributed by atoms with Gasteiger partial charge in [0.25, 0.3) is 6.01 Å². The van der Waals surface area contributed by atoms with E-state index >= 15 is 0 Å². The lowest BCUT2D eigenvalue weighted by atomic mass is 9.85. The molecule has 3 aliphatic carbocycles. The number of hydrogen-bond donors (Lipinski definition) is 3. The monoisotopic (exact) mass is 905 g/mol. The molecule has 17 nitrogen and oxygen atoms in total. The van der Waals surface area contributed by atoms with Crippen LogP contribution >= 0.6 is 11.6 Å². The fraction of sp³-hybridized carbons (Fsp3) is 0.609. The normalized spacial score (nSPS) is 26.8. The van der Waals surface area contributed by atoms with E-state index in [-0.39, 0.29) is 36.1 Å². The van der Waals surface area contributed by atoms with Crippen LogP contribution in [0.25, 0.3) is 22.3 Å². The predicted molar refractivity (Wildman–Crippen MR) is 237 cm³/mol. The van der Waals surface area contributed by atoms with Crippen LogP contribution in [0.5, 0.6) is 11.5 Å². The number of rotatable bonds is 16. The third kappa shape index (κ3) is 9.76. The summed E-state index contributed by atoms with van der Waals surface area (Å²) in [6.45, 7) is 17.3. The second-order valence-corrected chi connectivity index (χ2v) is 19.5. The van der Waals surface area contributed by atoms with Gasteiger partial charge in [0.15, 0.2) is 0 Å². The van der Waals surface area contributed by atoms with E-state index in [2.05, 4.69) is 32.4 Å². The highest BCUT2D eigenvalue weighted by Gasteiger charge is 2.62. The lowest BCUT2D eigenvalue weighted by Crippen LogP contribution is -2.59. The Morgan fingerprint density at radius 2 is 1.78 bits per heavy atom. The first-order valence-corrected chi connectivity index (χ1v) is 22.7. The standard InChI is InChI=1S/C46H60ClN7O10/c1-8-28-22-46(28,42(57)59-7)52-40(55)34-20-30(23-54(34)41(56)39(45(4,5)6)51-44(58)64-29-18-26-17-27(26)19-29)63-36-21-32(33-24-62-43(50-33)48-25(2)3)49-38-31(36)9-10-35(37(38)47)61-16-13-53-11-14-60-15-12-53/h8-10,21,24-30,34,39H,1,11-20,22-23H2,2-7H3,(H,48,50)(H,51,58)(H,52,55)/t26-,27+,28-,29+,30?,34+,39-,46?/m1/s1. The minimum atomic E-state index is -1.31. The second kappa shape index (κ2) is 18.4. The highest BCUT2D eigenvalue weighted by molar-refractivity contribution is 6.36. The number of carbonyl (C=O) groups is 4. The molecule has 18 heteroatoms. The first-order chi connectivity index (χ1) is 30.6. The summed E-state index contributed by atoms with van der Waals surface area (Å²) in [5.41, 5.74) is -0.903. The number of nitrogens with zero attached hydrogens (tertiary/aromatic N) is 4. The van der Waals surface area contributed by atoms with Crippen LogP contribution in [-0.2, 0) is 28.6 Å². The fourth-order valence-corrected chi connectivity index (χ4v) is 9.54. The number of alkyl carbamates (subject to hydrolysis) is 1. The Balaban J connectivity index is 1.10. The van der Waals surface area contributed by atoms with E-state index < -0.39 is 53.0 Å². The maximum absolute atomic E-state index is 14.9. The molecule has 0 bridgehead atoms. The second-order valence-electron chi connectivity index (χ2n) is 19.1. The van der Waals surface area contributed by atoms with Crippen molar-refractivity contribution in [2.75, 3.05) is 58.4 Å². The zero-order valence-electron chi connectivity index (χ0n) is 37.4. The highest BCUT2D eigenvalue weighted by atomic mass is 35.5. The van der Waals surface area contributed by atoms with Gasteiger partial charge in [-0.15, -0.1) is 6.58 Å². The quantitative estimate of drug-likeness (QED) is 0.119. The average Bonchev–Trinajstić information content (AvgIpc) is 3.92. The summed E-state index contributed by atoms with van der Waals surface area (Å²) in [6, 6.07) is 3.50. The van der Waals surface area contributed by atoms with Crippen molar-refractivity contribution in [3.8, 4) is 22.9 Å². The molecule has 3 N–H and O–H groups in total. The number of esters is 1. The third-order valence-electron chi connectivity index (χ3n) is 13.0. The molecule has 3 aromatic rings. The number of morpholine rings is 1. The molecular formula is C46H60ClN7O10. The van der Waals surface area contributed by atoms with E-state index in [0.717, 1.165) is 25.9 Å². The summed E-state index contributed by atoms with van der Waals surface area (Å²) in [4.78, 5) is 69.0. The number of halogens is 1. The van der Waals surface area contributed by atoms with Crippen molar-refractivity contribution in [3.05, 3.63) is 42.1 Å². The molecule has 346 valence electrons. The van der Waals surface area contributed by atoms with Gasteiger partial charge in [-0.25, -0.2) is 14.6 Å². The number of ether oxygens (including phenoxy) is 5. The van der Waals surface area contributed by atoms with E-state index in [0.29, 0.717) is 84.4 Å². The van der Waals surface area contributed by atoms with E-state index in [4.69, 9.17) is 44.7 Å². The molecule has 2 saturated heterocycles. The number of carbonyl (C=O) groups excluding carboxylic acids is 4. The van der Waals surface area contributed by atoms with Gasteiger partial charge in [0.2, 0.25) is 11.8 Å². The van der Waals surface area contributed by atoms with Crippen molar-refractivity contribution in [3.63, 3.8) is 0 Å². The Hall–Kier alpha value is -5.13. The van der Waals surface area contributed by atoms with Crippen LogP contribution in [0, 0.1) is 23.2 Å². The zero-order chi connectivity index (χ0) is 45.5. The van der Waals surface area contributed by atoms with E-state index in [1.165, 1.54) is 24.7 Å². The van der Waals surface area contributed by atoms with Crippen molar-refractivity contribution in [2.24, 2.45) is 23.2 Å². The number of fused-ring (bicyclic) bond motifs is 2. The van der Waals surface area contributed by atoms with Gasteiger partial charge in [-0.1, -0.05) is 38.4 Å². The molecule has 0 spiro atoms. The van der Waals surface area contributed by atoms with Gasteiger partial charge in [-0.2, -0.15) is 4.98 Å². The topological polar surface area (TPSA) is 196 Å². The lowest BCUT2D eigenvalue weighted by Gasteiger charge is -2.35. The fourth-order valence-electron chi connectivity index (χ4n) is 9.28. The molecule has 64 heavy (non-hydrogen) atoms. The van der Waals surface area contributed by atoms with Gasteiger partial charge >= 0.3 is 12.1 Å². The highest BCUT2D eigenvalue weighted by Crippen LogP contribution is 2.52. The molecule has 5 fully saturated rings. The number of anilines is 1. The molecule has 5 aliphatic rings. The van der Waals surface area contributed by atoms with Gasteiger partial charge in [0.1, 0.15) is 64.9 Å². The Morgan fingerprint density at radius 1 is 1.03 bits per heavy atom. The molecular weight excluding hydrogens is 846 g/mol. The molecule has 2 aromatic heterocycles. The molecule has 8 atom stereocenters. The van der Waals surface area contributed by atoms with Gasteiger partial charge < -0.3 is 49.0 Å². The molecule has 2 unspecified atom stereocenters. The van der Waals surface area contributed by atoms with Crippen molar-refractivity contribution >= 4 is 52.4 Å². The summed E-state index contributed by atoms with van der Waals surface area (Å²) < 4.78 is 35.1. The van der Waals surface area contributed by atoms with Crippen LogP contribution in [0.15, 0.2) is 41.5 Å². The average molecular weight is 906 g/mol. The lowest BCUT2D eigenvalue weighted by molar-refractivity contribution is -0.148. The molecule has 0 radical (unpaired) electrons. The van der Waals surface area contributed by atoms with E-state index in [1.54, 1.807) is 18.2 Å². The number of pyridine rings is 1. The zero-order valence-corrected chi connectivity index (χ0v) is 38.2. The van der Waals surface area contributed by atoms with Crippen LogP contribution < -0.4 is 25.4 Å². The SMILES string of the molecule is C=C[C@@H]1CC1(NC(=O)[C@@H]1CC(Oc2cc(-c3coc(NC(C)C)n3)nc3c(Cl)c(OCCN4CCOCC4)ccc23)CN1C(=O)[C@@H](NC(=O)O[C@@H]1C[C@@H]2C[C@@H]2C1)C(C)(C)C)C(=O)OC. The number of benzene rings is 1. The summed E-state index contributed by atoms with van der Waals surface area (Å²) in [7, 11) is 1.26. The number of amides is 3. The number of methoxy groups -OCH3 is 1. The minimum Gasteiger partial charge on any atom is -0.491 e. The number of hydrogen-bond acceptors (Lipinski definition) is 14. The summed E-state index contributed by atoms with van der Waals surface area (Å²) in [5.74, 6) is -0.0176. The smallest absolute Gasteiger partial charge is 0.408 e. The van der Waals surface area contributed by atoms with Gasteiger partial charge in [-0.3, -0.25) is 14.5 Å². The maximum Gasteiger partial charge on any atom is 0.408 e. The van der Waals surface area contributed by atoms with Crippen molar-refractivity contribution in [1.82, 2.24) is 30.4 Å². The van der Waals surface area contributed by atoms with E-state index in [9.17, 15) is 19.2 Å². The van der Waals surface area contributed by atoms with Gasteiger partial charge in [-0.05, 0) is 68.9 Å². The minimum absolute atomic E-state index is 0.0373. The molecule has 3 amide bonds. The van der Waals surface area contributed by atoms with Gasteiger partial charge in [0.05, 0.1) is 38.1 Å². The largest absolute Gasteiger partial charge is 0.491 e. The van der Waals surface area contributed by atoms with Crippen molar-refractivity contribution in [2.45, 2.75) is 103 Å². The molecule has 1 aromatic carbocycles. The van der Waals surface area contributed by atoms with Crippen LogP contribution in [0.2, 0.25) is 5.02 Å². The van der Waals surface area contributed by atoms with Crippen LogP contribution in [0.1, 0.15) is 66.7 Å². The Labute approximate surface area is 378 Å². The Kier molecular flexibility index (Phi) is 13.1. The third-order valence-corrected chi connectivity index (χ3v) is 13.3. The van der Waals surface area contributed by atoms with Crippen molar-refractivity contribution < 1.29 is 47.3 Å². The molecule has 4 heterocycles. The summed E-state index contributed by atoms with van der Waals surface area (Å²) in [5, 5.41) is 9.75. The van der Waals surface area contributed by atoms with Crippen LogP contribution in [0.4, 0.5) is 10.8 Å². The Bertz CT molecular complexity index is 2250. The Morgan fingerprint density at radius 3 is 2.45 bits per heavy atom. The predicted octanol–water partition coefficient (Wildman–Crippen LogP) is 5.60. The number of likely N-dealkylation sites (tertiary alicyclic amines) is 1. The first kappa shape index (κ1) is 45.4. The van der Waals surface area contributed by atoms with Crippen molar-refractivity contribution in [1.29, 1.82) is 0 Å². The van der Waals surface area contributed by atoms with Crippen LogP contribution in [0.3, 0.4) is 0 Å². The molecule has 2 aliphatic heterocycles. The van der Waals surface area contributed by atoms with E-state index in [1.807, 2.05) is 40.7 Å².